The zero-order valence-corrected chi connectivity index (χ0v) is 17.3. The van der Waals surface area contributed by atoms with Gasteiger partial charge in [-0.1, -0.05) is 36.4 Å². The molecule has 0 aliphatic heterocycles. The summed E-state index contributed by atoms with van der Waals surface area (Å²) in [7, 11) is 3.83. The molecule has 5 rings (SSSR count). The van der Waals surface area contributed by atoms with Crippen molar-refractivity contribution in [2.45, 2.75) is 6.54 Å². The van der Waals surface area contributed by atoms with Gasteiger partial charge in [-0.25, -0.2) is 9.97 Å². The van der Waals surface area contributed by atoms with Crippen LogP contribution < -0.4 is 10.6 Å². The minimum Gasteiger partial charge on any atom is -0.371 e. The first-order valence-corrected chi connectivity index (χ1v) is 10.1. The van der Waals surface area contributed by atoms with Crippen LogP contribution in [0.25, 0.3) is 33.3 Å². The molecule has 0 unspecified atom stereocenters. The van der Waals surface area contributed by atoms with Crippen LogP contribution in [0, 0.1) is 0 Å². The molecule has 31 heavy (non-hydrogen) atoms. The number of imidazole rings is 1. The Morgan fingerprint density at radius 1 is 1.10 bits per heavy atom. The number of carbonyl (C=O) groups is 1. The van der Waals surface area contributed by atoms with Crippen LogP contribution in [0.15, 0.2) is 67.0 Å². The molecular weight excluding hydrogens is 388 g/mol. The molecule has 0 saturated carbocycles. The number of fused-ring (bicyclic) bond motifs is 3. The number of aromatic nitrogens is 4. The van der Waals surface area contributed by atoms with Crippen LogP contribution in [0.5, 0.6) is 0 Å². The first kappa shape index (κ1) is 18.9. The number of aromatic amines is 1. The van der Waals surface area contributed by atoms with Crippen LogP contribution in [0.4, 0.5) is 5.82 Å². The molecule has 0 radical (unpaired) electrons. The predicted octanol–water partition coefficient (Wildman–Crippen LogP) is 4.09. The van der Waals surface area contributed by atoms with Crippen molar-refractivity contribution < 1.29 is 4.79 Å². The van der Waals surface area contributed by atoms with E-state index in [2.05, 4.69) is 32.7 Å². The standard InChI is InChI=1S/C24H22N6O/c1-25-23-20-21(30(2)14-27-20)18-12-19(28-22(18)29-23)17-10-6-7-15(11-17)13-26-24(31)16-8-4-3-5-9-16/h3-12,14H,13H2,1-2H3,(H,26,31)(H2,25,28,29). The zero-order valence-electron chi connectivity index (χ0n) is 17.3. The smallest absolute Gasteiger partial charge is 0.251 e. The molecule has 0 aliphatic carbocycles. The Bertz CT molecular complexity index is 1400. The SMILES string of the molecule is CNc1nc2[nH]c(-c3cccc(CNC(=O)c4ccccc4)c3)cc2c2c1ncn2C. The molecule has 2 aromatic carbocycles. The number of nitrogens with zero attached hydrogens (tertiary/aromatic N) is 3. The fourth-order valence-electron chi connectivity index (χ4n) is 3.85. The minimum atomic E-state index is -0.0842. The molecule has 3 N–H and O–H groups in total. The summed E-state index contributed by atoms with van der Waals surface area (Å²) in [6.45, 7) is 0.454. The Kier molecular flexibility index (Phi) is 4.63. The lowest BCUT2D eigenvalue weighted by Gasteiger charge is -2.07. The number of rotatable bonds is 5. The van der Waals surface area contributed by atoms with Gasteiger partial charge in [-0.05, 0) is 35.4 Å². The third kappa shape index (κ3) is 3.40. The lowest BCUT2D eigenvalue weighted by Crippen LogP contribution is -2.22. The van der Waals surface area contributed by atoms with Crippen molar-refractivity contribution in [2.75, 3.05) is 12.4 Å². The lowest BCUT2D eigenvalue weighted by atomic mass is 10.1. The quantitative estimate of drug-likeness (QED) is 0.407. The predicted molar refractivity (Wildman–Crippen MR) is 123 cm³/mol. The number of benzene rings is 2. The van der Waals surface area contributed by atoms with Gasteiger partial charge in [-0.3, -0.25) is 4.79 Å². The van der Waals surface area contributed by atoms with E-state index in [0.717, 1.165) is 44.7 Å². The Labute approximate surface area is 179 Å². The highest BCUT2D eigenvalue weighted by atomic mass is 16.1. The summed E-state index contributed by atoms with van der Waals surface area (Å²) in [5.74, 6) is 0.660. The van der Waals surface area contributed by atoms with Gasteiger partial charge in [0.1, 0.15) is 11.2 Å². The maximum Gasteiger partial charge on any atom is 0.251 e. The molecule has 0 atom stereocenters. The van der Waals surface area contributed by atoms with Crippen LogP contribution in [-0.2, 0) is 13.6 Å². The van der Waals surface area contributed by atoms with Gasteiger partial charge in [0.2, 0.25) is 0 Å². The average Bonchev–Trinajstić information content (AvgIpc) is 3.41. The number of hydrogen-bond acceptors (Lipinski definition) is 4. The Hall–Kier alpha value is -4.13. The Morgan fingerprint density at radius 3 is 2.74 bits per heavy atom. The third-order valence-corrected chi connectivity index (χ3v) is 5.40. The van der Waals surface area contributed by atoms with E-state index in [0.29, 0.717) is 12.1 Å². The molecule has 0 spiro atoms. The van der Waals surface area contributed by atoms with Gasteiger partial charge < -0.3 is 20.2 Å². The number of pyridine rings is 1. The number of hydrogen-bond donors (Lipinski definition) is 3. The maximum absolute atomic E-state index is 12.3. The molecule has 0 aliphatic rings. The Morgan fingerprint density at radius 2 is 1.94 bits per heavy atom. The number of nitrogens with one attached hydrogen (secondary N) is 3. The van der Waals surface area contributed by atoms with Crippen molar-refractivity contribution in [1.29, 1.82) is 0 Å². The molecule has 7 heteroatoms. The van der Waals surface area contributed by atoms with Crippen molar-refractivity contribution in [3.63, 3.8) is 0 Å². The van der Waals surface area contributed by atoms with E-state index in [1.165, 1.54) is 0 Å². The van der Waals surface area contributed by atoms with Gasteiger partial charge >= 0.3 is 0 Å². The molecule has 3 heterocycles. The highest BCUT2D eigenvalue weighted by Gasteiger charge is 2.15. The van der Waals surface area contributed by atoms with Crippen molar-refractivity contribution in [1.82, 2.24) is 24.8 Å². The van der Waals surface area contributed by atoms with E-state index >= 15 is 0 Å². The summed E-state index contributed by atoms with van der Waals surface area (Å²) in [5, 5.41) is 7.13. The number of carbonyl (C=O) groups excluding carboxylic acids is 1. The molecule has 5 aromatic rings. The van der Waals surface area contributed by atoms with Crippen LogP contribution in [0.3, 0.4) is 0 Å². The van der Waals surface area contributed by atoms with Gasteiger partial charge in [-0.2, -0.15) is 0 Å². The maximum atomic E-state index is 12.3. The van der Waals surface area contributed by atoms with Crippen molar-refractivity contribution >= 4 is 33.8 Å². The van der Waals surface area contributed by atoms with Crippen molar-refractivity contribution in [3.8, 4) is 11.3 Å². The summed E-state index contributed by atoms with van der Waals surface area (Å²) in [4.78, 5) is 25.0. The molecule has 1 amide bonds. The van der Waals surface area contributed by atoms with E-state index in [9.17, 15) is 4.79 Å². The third-order valence-electron chi connectivity index (χ3n) is 5.40. The average molecular weight is 410 g/mol. The lowest BCUT2D eigenvalue weighted by molar-refractivity contribution is 0.0951. The van der Waals surface area contributed by atoms with Crippen LogP contribution in [0.1, 0.15) is 15.9 Å². The monoisotopic (exact) mass is 410 g/mol. The van der Waals surface area contributed by atoms with E-state index in [1.807, 2.05) is 67.2 Å². The first-order chi connectivity index (χ1) is 15.1. The van der Waals surface area contributed by atoms with Crippen LogP contribution in [0.2, 0.25) is 0 Å². The molecule has 0 bridgehead atoms. The highest BCUT2D eigenvalue weighted by Crippen LogP contribution is 2.31. The summed E-state index contributed by atoms with van der Waals surface area (Å²) in [6, 6.07) is 19.5. The molecule has 3 aromatic heterocycles. The molecule has 0 fully saturated rings. The second-order valence-electron chi connectivity index (χ2n) is 7.46. The van der Waals surface area contributed by atoms with Crippen molar-refractivity contribution in [3.05, 3.63) is 78.1 Å². The van der Waals surface area contributed by atoms with E-state index < -0.39 is 0 Å². The summed E-state index contributed by atoms with van der Waals surface area (Å²) >= 11 is 0. The molecule has 0 saturated heterocycles. The topological polar surface area (TPSA) is 87.6 Å². The fraction of sp³-hybridized carbons (Fsp3) is 0.125. The second-order valence-corrected chi connectivity index (χ2v) is 7.46. The second kappa shape index (κ2) is 7.60. The zero-order chi connectivity index (χ0) is 21.4. The molecule has 7 nitrogen and oxygen atoms in total. The van der Waals surface area contributed by atoms with Gasteiger partial charge in [0.05, 0.1) is 11.8 Å². The Balaban J connectivity index is 1.46. The summed E-state index contributed by atoms with van der Waals surface area (Å²) in [5.41, 5.74) is 6.36. The minimum absolute atomic E-state index is 0.0842. The summed E-state index contributed by atoms with van der Waals surface area (Å²) < 4.78 is 2.01. The molecular formula is C24H22N6O. The van der Waals surface area contributed by atoms with Crippen LogP contribution >= 0.6 is 0 Å². The van der Waals surface area contributed by atoms with Crippen molar-refractivity contribution in [2.24, 2.45) is 7.05 Å². The number of anilines is 1. The fourth-order valence-corrected chi connectivity index (χ4v) is 3.85. The highest BCUT2D eigenvalue weighted by molar-refractivity contribution is 6.07. The van der Waals surface area contributed by atoms with Gasteiger partial charge in [-0.15, -0.1) is 0 Å². The largest absolute Gasteiger partial charge is 0.371 e. The van der Waals surface area contributed by atoms with Crippen LogP contribution in [-0.4, -0.2) is 32.5 Å². The van der Waals surface area contributed by atoms with Gasteiger partial charge in [0.15, 0.2) is 5.82 Å². The van der Waals surface area contributed by atoms with E-state index in [-0.39, 0.29) is 5.91 Å². The number of H-pyrrole nitrogens is 1. The number of amides is 1. The van der Waals surface area contributed by atoms with Gasteiger partial charge in [0, 0.05) is 37.3 Å². The van der Waals surface area contributed by atoms with Gasteiger partial charge in [0.25, 0.3) is 5.91 Å². The van der Waals surface area contributed by atoms with E-state index in [1.54, 1.807) is 6.33 Å². The number of aryl methyl sites for hydroxylation is 1. The summed E-state index contributed by atoms with van der Waals surface area (Å²) in [6.07, 6.45) is 1.80. The normalized spacial score (nSPS) is 11.2. The van der Waals surface area contributed by atoms with E-state index in [4.69, 9.17) is 4.98 Å². The molecule has 154 valence electrons. The first-order valence-electron chi connectivity index (χ1n) is 10.1.